The summed E-state index contributed by atoms with van der Waals surface area (Å²) in [5, 5.41) is 2.85. The van der Waals surface area contributed by atoms with Gasteiger partial charge in [-0.25, -0.2) is 9.97 Å². The van der Waals surface area contributed by atoms with E-state index in [9.17, 15) is 18.0 Å². The first kappa shape index (κ1) is 18.2. The van der Waals surface area contributed by atoms with E-state index in [0.29, 0.717) is 18.7 Å². The van der Waals surface area contributed by atoms with E-state index < -0.39 is 11.9 Å². The molecule has 1 atom stereocenters. The van der Waals surface area contributed by atoms with Crippen molar-refractivity contribution < 1.29 is 18.0 Å². The fourth-order valence-electron chi connectivity index (χ4n) is 3.02. The number of carbonyl (C=O) groups is 1. The minimum Gasteiger partial charge on any atom is -0.350 e. The number of piperidine rings is 1. The molecule has 1 aromatic heterocycles. The highest BCUT2D eigenvalue weighted by Crippen LogP contribution is 2.29. The molecule has 138 valence electrons. The number of anilines is 1. The summed E-state index contributed by atoms with van der Waals surface area (Å²) in [6, 6.07) is 9.52. The highest BCUT2D eigenvalue weighted by Gasteiger charge is 2.34. The van der Waals surface area contributed by atoms with Gasteiger partial charge in [0, 0.05) is 30.9 Å². The van der Waals surface area contributed by atoms with Gasteiger partial charge >= 0.3 is 6.18 Å². The van der Waals surface area contributed by atoms with E-state index in [2.05, 4.69) is 15.3 Å². The summed E-state index contributed by atoms with van der Waals surface area (Å²) in [6.45, 7) is 0.889. The highest BCUT2D eigenvalue weighted by molar-refractivity contribution is 5.94. The molecule has 1 aliphatic rings. The maximum Gasteiger partial charge on any atom is 0.433 e. The molecule has 0 spiro atoms. The fraction of sp³-hybridized carbons (Fsp3) is 0.389. The summed E-state index contributed by atoms with van der Waals surface area (Å²) in [6.07, 6.45) is -0.831. The van der Waals surface area contributed by atoms with Crippen LogP contribution in [-0.4, -0.2) is 35.0 Å². The number of hydrogen-bond acceptors (Lipinski definition) is 4. The van der Waals surface area contributed by atoms with E-state index >= 15 is 0 Å². The first-order chi connectivity index (χ1) is 12.4. The molecule has 1 unspecified atom stereocenters. The Kier molecular flexibility index (Phi) is 5.39. The summed E-state index contributed by atoms with van der Waals surface area (Å²) in [5.74, 6) is -0.153. The lowest BCUT2D eigenvalue weighted by atomic mass is 10.0. The van der Waals surface area contributed by atoms with Crippen molar-refractivity contribution in [3.05, 3.63) is 53.9 Å². The Bertz CT molecular complexity index is 752. The van der Waals surface area contributed by atoms with Gasteiger partial charge in [0.2, 0.25) is 5.95 Å². The zero-order chi connectivity index (χ0) is 18.6. The smallest absolute Gasteiger partial charge is 0.350 e. The Balaban J connectivity index is 1.71. The third-order valence-electron chi connectivity index (χ3n) is 4.35. The van der Waals surface area contributed by atoms with Gasteiger partial charge in [0.1, 0.15) is 5.69 Å². The normalized spacial score (nSPS) is 17.8. The molecule has 1 aromatic carbocycles. The number of nitrogens with one attached hydrogen (secondary N) is 1. The van der Waals surface area contributed by atoms with Crippen LogP contribution < -0.4 is 10.2 Å². The molecule has 0 saturated carbocycles. The molecule has 8 heteroatoms. The van der Waals surface area contributed by atoms with Gasteiger partial charge < -0.3 is 10.2 Å². The molecule has 2 aromatic rings. The van der Waals surface area contributed by atoms with E-state index in [-0.39, 0.29) is 17.9 Å². The lowest BCUT2D eigenvalue weighted by Crippen LogP contribution is -2.47. The van der Waals surface area contributed by atoms with Crippen LogP contribution in [0.2, 0.25) is 0 Å². The zero-order valence-corrected chi connectivity index (χ0v) is 14.0. The molecular formula is C18H19F3N4O. The largest absolute Gasteiger partial charge is 0.433 e. The molecule has 26 heavy (non-hydrogen) atoms. The second-order valence-electron chi connectivity index (χ2n) is 6.16. The molecule has 1 N–H and O–H groups in total. The van der Waals surface area contributed by atoms with E-state index in [1.165, 1.54) is 0 Å². The maximum atomic E-state index is 12.9. The third kappa shape index (κ3) is 4.30. The van der Waals surface area contributed by atoms with Crippen molar-refractivity contribution in [2.45, 2.75) is 31.5 Å². The van der Waals surface area contributed by atoms with E-state index in [0.717, 1.165) is 31.5 Å². The average molecular weight is 364 g/mol. The average Bonchev–Trinajstić information content (AvgIpc) is 2.66. The number of aromatic nitrogens is 2. The predicted octanol–water partition coefficient (Wildman–Crippen LogP) is 3.28. The summed E-state index contributed by atoms with van der Waals surface area (Å²) in [7, 11) is 0. The second kappa shape index (κ2) is 7.72. The fourth-order valence-corrected chi connectivity index (χ4v) is 3.02. The molecule has 2 heterocycles. The van der Waals surface area contributed by atoms with Gasteiger partial charge in [-0.3, -0.25) is 4.79 Å². The maximum absolute atomic E-state index is 12.9. The number of benzene rings is 1. The van der Waals surface area contributed by atoms with Gasteiger partial charge in [-0.05, 0) is 37.5 Å². The molecule has 1 aliphatic heterocycles. The van der Waals surface area contributed by atoms with Crippen LogP contribution in [0, 0.1) is 0 Å². The molecule has 0 aliphatic carbocycles. The second-order valence-corrected chi connectivity index (χ2v) is 6.16. The quantitative estimate of drug-likeness (QED) is 0.905. The third-order valence-corrected chi connectivity index (χ3v) is 4.35. The van der Waals surface area contributed by atoms with Crippen molar-refractivity contribution in [2.24, 2.45) is 0 Å². The lowest BCUT2D eigenvalue weighted by molar-refractivity contribution is -0.141. The monoisotopic (exact) mass is 364 g/mol. The number of carbonyl (C=O) groups excluding carboxylic acids is 1. The number of alkyl halides is 3. The van der Waals surface area contributed by atoms with E-state index in [4.69, 9.17) is 0 Å². The van der Waals surface area contributed by atoms with Crippen molar-refractivity contribution in [2.75, 3.05) is 18.0 Å². The van der Waals surface area contributed by atoms with Crippen molar-refractivity contribution in [3.8, 4) is 0 Å². The Hall–Kier alpha value is -2.64. The molecule has 1 fully saturated rings. The van der Waals surface area contributed by atoms with Gasteiger partial charge in [0.05, 0.1) is 0 Å². The molecule has 3 rings (SSSR count). The van der Waals surface area contributed by atoms with Crippen molar-refractivity contribution >= 4 is 11.9 Å². The van der Waals surface area contributed by atoms with Crippen LogP contribution in [0.4, 0.5) is 19.1 Å². The van der Waals surface area contributed by atoms with Crippen LogP contribution in [0.5, 0.6) is 0 Å². The van der Waals surface area contributed by atoms with Crippen LogP contribution in [0.25, 0.3) is 0 Å². The van der Waals surface area contributed by atoms with Crippen molar-refractivity contribution in [3.63, 3.8) is 0 Å². The highest BCUT2D eigenvalue weighted by atomic mass is 19.4. The summed E-state index contributed by atoms with van der Waals surface area (Å²) in [5.41, 5.74) is -0.412. The van der Waals surface area contributed by atoms with Crippen LogP contribution in [-0.2, 0) is 6.18 Å². The van der Waals surface area contributed by atoms with Crippen LogP contribution in [0.3, 0.4) is 0 Å². The summed E-state index contributed by atoms with van der Waals surface area (Å²) in [4.78, 5) is 21.7. The van der Waals surface area contributed by atoms with Crippen LogP contribution >= 0.6 is 0 Å². The Morgan fingerprint density at radius 1 is 1.19 bits per heavy atom. The number of rotatable bonds is 4. The first-order valence-corrected chi connectivity index (χ1v) is 8.45. The molecule has 5 nitrogen and oxygen atoms in total. The molecule has 0 radical (unpaired) electrons. The van der Waals surface area contributed by atoms with Gasteiger partial charge in [-0.15, -0.1) is 0 Å². The van der Waals surface area contributed by atoms with Crippen molar-refractivity contribution in [1.82, 2.24) is 15.3 Å². The van der Waals surface area contributed by atoms with Gasteiger partial charge in [0.15, 0.2) is 0 Å². The Morgan fingerprint density at radius 2 is 1.96 bits per heavy atom. The number of hydrogen-bond donors (Lipinski definition) is 1. The molecule has 1 amide bonds. The number of nitrogens with zero attached hydrogens (tertiary/aromatic N) is 3. The standard InChI is InChI=1S/C18H19F3N4O/c19-18(20,21)15-9-10-22-17(24-15)25-11-5-4-8-14(25)12-23-16(26)13-6-2-1-3-7-13/h1-3,6-7,9-10,14H,4-5,8,11-12H2,(H,23,26). The van der Waals surface area contributed by atoms with Crippen molar-refractivity contribution in [1.29, 1.82) is 0 Å². The molecule has 0 bridgehead atoms. The molecular weight excluding hydrogens is 345 g/mol. The SMILES string of the molecule is O=C(NCC1CCCCN1c1nccc(C(F)(F)F)n1)c1ccccc1. The van der Waals surface area contributed by atoms with Gasteiger partial charge in [-0.1, -0.05) is 18.2 Å². The summed E-state index contributed by atoms with van der Waals surface area (Å²) < 4.78 is 38.7. The topological polar surface area (TPSA) is 58.1 Å². The van der Waals surface area contributed by atoms with Crippen LogP contribution in [0.1, 0.15) is 35.3 Å². The Morgan fingerprint density at radius 3 is 2.69 bits per heavy atom. The molecule has 1 saturated heterocycles. The van der Waals surface area contributed by atoms with E-state index in [1.807, 2.05) is 6.07 Å². The van der Waals surface area contributed by atoms with Crippen LogP contribution in [0.15, 0.2) is 42.6 Å². The van der Waals surface area contributed by atoms with Gasteiger partial charge in [-0.2, -0.15) is 13.2 Å². The summed E-state index contributed by atoms with van der Waals surface area (Å²) >= 11 is 0. The Labute approximate surface area is 149 Å². The van der Waals surface area contributed by atoms with E-state index in [1.54, 1.807) is 29.2 Å². The predicted molar refractivity (Wildman–Crippen MR) is 90.8 cm³/mol. The number of amides is 1. The lowest BCUT2D eigenvalue weighted by Gasteiger charge is -2.36. The number of halogens is 3. The minimum atomic E-state index is -4.51. The zero-order valence-electron chi connectivity index (χ0n) is 14.0. The first-order valence-electron chi connectivity index (χ1n) is 8.45. The minimum absolute atomic E-state index is 0.0542. The van der Waals surface area contributed by atoms with Gasteiger partial charge in [0.25, 0.3) is 5.91 Å².